The van der Waals surface area contributed by atoms with Gasteiger partial charge in [0.25, 0.3) is 5.91 Å². The van der Waals surface area contributed by atoms with Crippen LogP contribution in [0.4, 0.5) is 10.5 Å². The minimum atomic E-state index is -0.463. The molecular weight excluding hydrogens is 498 g/mol. The summed E-state index contributed by atoms with van der Waals surface area (Å²) in [7, 11) is 0. The quantitative estimate of drug-likeness (QED) is 0.312. The van der Waals surface area contributed by atoms with Gasteiger partial charge in [-0.2, -0.15) is 4.99 Å². The number of aliphatic imine (C=N–C) groups is 1. The number of hydrogen-bond donors (Lipinski definition) is 1. The summed E-state index contributed by atoms with van der Waals surface area (Å²) in [5.41, 5.74) is 7.34. The van der Waals surface area contributed by atoms with Crippen LogP contribution in [-0.4, -0.2) is 91.1 Å². The van der Waals surface area contributed by atoms with Crippen molar-refractivity contribution in [3.8, 4) is 0 Å². The van der Waals surface area contributed by atoms with E-state index in [4.69, 9.17) is 15.2 Å². The third-order valence-corrected chi connectivity index (χ3v) is 6.57. The zero-order chi connectivity index (χ0) is 28.0. The first-order valence-corrected chi connectivity index (χ1v) is 13.3. The van der Waals surface area contributed by atoms with Crippen LogP contribution in [0.3, 0.4) is 0 Å². The Morgan fingerprint density at radius 1 is 0.974 bits per heavy atom. The number of piperazine rings is 1. The number of carbonyl (C=O) groups is 3. The molecule has 2 N–H and O–H groups in total. The van der Waals surface area contributed by atoms with Gasteiger partial charge in [0.1, 0.15) is 17.5 Å². The molecule has 2 aliphatic rings. The summed E-state index contributed by atoms with van der Waals surface area (Å²) in [5, 5.41) is 0. The molecule has 0 radical (unpaired) electrons. The molecule has 2 aliphatic heterocycles. The smallest absolute Gasteiger partial charge is 0.414 e. The maximum absolute atomic E-state index is 12.6. The van der Waals surface area contributed by atoms with Crippen LogP contribution in [0.5, 0.6) is 0 Å². The molecule has 2 aromatic carbocycles. The molecule has 10 nitrogen and oxygen atoms in total. The fourth-order valence-electron chi connectivity index (χ4n) is 4.58. The van der Waals surface area contributed by atoms with Gasteiger partial charge in [0, 0.05) is 56.1 Å². The molecular formula is C29H37N5O5. The van der Waals surface area contributed by atoms with Crippen molar-refractivity contribution in [1.82, 2.24) is 9.80 Å². The molecule has 2 fully saturated rings. The van der Waals surface area contributed by atoms with E-state index in [0.29, 0.717) is 42.9 Å². The fourth-order valence-corrected chi connectivity index (χ4v) is 4.58. The molecule has 2 heterocycles. The summed E-state index contributed by atoms with van der Waals surface area (Å²) < 4.78 is 11.0. The Bertz CT molecular complexity index is 1180. The molecule has 39 heavy (non-hydrogen) atoms. The number of amidine groups is 1. The number of rotatable bonds is 8. The Hall–Kier alpha value is -3.76. The Kier molecular flexibility index (Phi) is 8.98. The predicted octanol–water partition coefficient (Wildman–Crippen LogP) is 2.91. The van der Waals surface area contributed by atoms with E-state index >= 15 is 0 Å². The van der Waals surface area contributed by atoms with Gasteiger partial charge in [0.15, 0.2) is 0 Å². The Balaban J connectivity index is 1.24. The zero-order valence-electron chi connectivity index (χ0n) is 22.8. The molecule has 4 rings (SSSR count). The third kappa shape index (κ3) is 8.11. The largest absolute Gasteiger partial charge is 0.460 e. The van der Waals surface area contributed by atoms with Gasteiger partial charge in [-0.3, -0.25) is 19.4 Å². The molecule has 2 saturated heterocycles. The number of esters is 1. The second-order valence-electron chi connectivity index (χ2n) is 10.8. The molecule has 1 atom stereocenters. The molecule has 0 saturated carbocycles. The highest BCUT2D eigenvalue weighted by Gasteiger charge is 2.34. The summed E-state index contributed by atoms with van der Waals surface area (Å²) in [4.78, 5) is 47.0. The summed E-state index contributed by atoms with van der Waals surface area (Å²) >= 11 is 0. The Morgan fingerprint density at radius 3 is 2.26 bits per heavy atom. The number of ether oxygens (including phenoxy) is 2. The third-order valence-electron chi connectivity index (χ3n) is 6.57. The average Bonchev–Trinajstić information content (AvgIpc) is 3.27. The van der Waals surface area contributed by atoms with Crippen molar-refractivity contribution in [3.05, 3.63) is 65.7 Å². The van der Waals surface area contributed by atoms with E-state index in [1.165, 1.54) is 0 Å². The van der Waals surface area contributed by atoms with E-state index in [-0.39, 0.29) is 24.0 Å². The summed E-state index contributed by atoms with van der Waals surface area (Å²) in [6.07, 6.45) is -0.239. The van der Waals surface area contributed by atoms with Gasteiger partial charge in [0.2, 0.25) is 0 Å². The molecule has 0 aromatic heterocycles. The van der Waals surface area contributed by atoms with Gasteiger partial charge >= 0.3 is 12.1 Å². The summed E-state index contributed by atoms with van der Waals surface area (Å²) in [5.74, 6) is -0.471. The maximum atomic E-state index is 12.6. The van der Waals surface area contributed by atoms with Crippen LogP contribution >= 0.6 is 0 Å². The van der Waals surface area contributed by atoms with Gasteiger partial charge in [0.05, 0.1) is 13.0 Å². The van der Waals surface area contributed by atoms with Crippen molar-refractivity contribution in [2.24, 2.45) is 10.7 Å². The van der Waals surface area contributed by atoms with Gasteiger partial charge in [-0.1, -0.05) is 18.2 Å². The van der Waals surface area contributed by atoms with Gasteiger partial charge in [-0.05, 0) is 57.2 Å². The number of nitrogens with two attached hydrogens (primary N) is 1. The number of amides is 2. The van der Waals surface area contributed by atoms with Crippen LogP contribution in [-0.2, 0) is 14.3 Å². The first-order valence-electron chi connectivity index (χ1n) is 13.3. The van der Waals surface area contributed by atoms with Gasteiger partial charge in [-0.15, -0.1) is 0 Å². The number of cyclic esters (lactones) is 1. The highest BCUT2D eigenvalue weighted by Crippen LogP contribution is 2.23. The molecule has 2 amide bonds. The van der Waals surface area contributed by atoms with Gasteiger partial charge in [-0.25, -0.2) is 4.79 Å². The normalized spacial score (nSPS) is 19.2. The number of carbonyl (C=O) groups excluding carboxylic acids is 3. The van der Waals surface area contributed by atoms with Crippen LogP contribution in [0.15, 0.2) is 59.6 Å². The van der Waals surface area contributed by atoms with Crippen molar-refractivity contribution >= 4 is 29.5 Å². The summed E-state index contributed by atoms with van der Waals surface area (Å²) in [6, 6.07) is 15.8. The standard InChI is InChI=1S/C29H37N5O5/c1-29(2,3)39-25(35)13-14-32-15-17-33(18-16-32)19-24-20-34(28(37)38-24)23-11-9-21(10-12-23)26(30)31-27(36)22-7-5-4-6-8-22/h4-12,24H,13-20H2,1-3H3,(H2,30,31,36). The van der Waals surface area contributed by atoms with E-state index in [9.17, 15) is 14.4 Å². The van der Waals surface area contributed by atoms with E-state index < -0.39 is 11.5 Å². The van der Waals surface area contributed by atoms with Crippen molar-refractivity contribution in [3.63, 3.8) is 0 Å². The van der Waals surface area contributed by atoms with E-state index in [1.807, 2.05) is 26.8 Å². The van der Waals surface area contributed by atoms with Crippen LogP contribution in [0.1, 0.15) is 43.1 Å². The summed E-state index contributed by atoms with van der Waals surface area (Å²) in [6.45, 7) is 10.8. The molecule has 2 aromatic rings. The van der Waals surface area contributed by atoms with Crippen molar-refractivity contribution in [2.45, 2.75) is 38.9 Å². The number of anilines is 1. The highest BCUT2D eigenvalue weighted by molar-refractivity contribution is 6.08. The topological polar surface area (TPSA) is 118 Å². The van der Waals surface area contributed by atoms with Crippen LogP contribution in [0.25, 0.3) is 0 Å². The number of nitrogens with zero attached hydrogens (tertiary/aromatic N) is 4. The lowest BCUT2D eigenvalue weighted by Crippen LogP contribution is -2.49. The minimum Gasteiger partial charge on any atom is -0.460 e. The molecule has 10 heteroatoms. The van der Waals surface area contributed by atoms with Crippen LogP contribution in [0.2, 0.25) is 0 Å². The van der Waals surface area contributed by atoms with Gasteiger partial charge < -0.3 is 20.1 Å². The Morgan fingerprint density at radius 2 is 1.62 bits per heavy atom. The fraction of sp³-hybridized carbons (Fsp3) is 0.448. The first-order chi connectivity index (χ1) is 18.6. The molecule has 0 spiro atoms. The monoisotopic (exact) mass is 535 g/mol. The zero-order valence-corrected chi connectivity index (χ0v) is 22.8. The maximum Gasteiger partial charge on any atom is 0.414 e. The SMILES string of the molecule is CC(C)(C)OC(=O)CCN1CCN(CC2CN(c3ccc(C(N)=NC(=O)c4ccccc4)cc3)C(=O)O2)CC1. The lowest BCUT2D eigenvalue weighted by Gasteiger charge is -2.35. The second-order valence-corrected chi connectivity index (χ2v) is 10.8. The number of benzene rings is 2. The highest BCUT2D eigenvalue weighted by atomic mass is 16.6. The average molecular weight is 536 g/mol. The lowest BCUT2D eigenvalue weighted by molar-refractivity contribution is -0.155. The Labute approximate surface area is 229 Å². The molecule has 0 aliphatic carbocycles. The van der Waals surface area contributed by atoms with Crippen molar-refractivity contribution < 1.29 is 23.9 Å². The van der Waals surface area contributed by atoms with E-state index in [0.717, 1.165) is 26.2 Å². The van der Waals surface area contributed by atoms with Crippen molar-refractivity contribution in [2.75, 3.05) is 50.7 Å². The molecule has 1 unspecified atom stereocenters. The number of hydrogen-bond acceptors (Lipinski definition) is 7. The van der Waals surface area contributed by atoms with E-state index in [1.54, 1.807) is 53.4 Å². The first kappa shape index (κ1) is 28.3. The lowest BCUT2D eigenvalue weighted by atomic mass is 10.1. The van der Waals surface area contributed by atoms with Crippen LogP contribution < -0.4 is 10.6 Å². The minimum absolute atomic E-state index is 0.113. The second kappa shape index (κ2) is 12.4. The van der Waals surface area contributed by atoms with E-state index in [2.05, 4.69) is 14.8 Å². The molecule has 0 bridgehead atoms. The molecule has 208 valence electrons. The predicted molar refractivity (Wildman–Crippen MR) is 149 cm³/mol. The van der Waals surface area contributed by atoms with Crippen molar-refractivity contribution in [1.29, 1.82) is 0 Å². The van der Waals surface area contributed by atoms with Crippen LogP contribution in [0, 0.1) is 0 Å².